The van der Waals surface area contributed by atoms with E-state index in [4.69, 9.17) is 10.5 Å². The summed E-state index contributed by atoms with van der Waals surface area (Å²) < 4.78 is 5.80. The Morgan fingerprint density at radius 3 is 2.65 bits per heavy atom. The molecule has 0 fully saturated rings. The second-order valence-electron chi connectivity index (χ2n) is 4.88. The average molecular weight is 271 g/mol. The van der Waals surface area contributed by atoms with E-state index in [1.807, 2.05) is 44.4 Å². The second kappa shape index (κ2) is 7.01. The summed E-state index contributed by atoms with van der Waals surface area (Å²) >= 11 is 0. The number of aromatic nitrogens is 2. The lowest BCUT2D eigenvalue weighted by Gasteiger charge is -2.12. The first-order valence-electron chi connectivity index (χ1n) is 6.89. The Hall–Kier alpha value is -1.94. The van der Waals surface area contributed by atoms with Gasteiger partial charge in [0.25, 0.3) is 0 Å². The molecule has 0 saturated carbocycles. The number of nitrogens with two attached hydrogens (primary N) is 1. The predicted molar refractivity (Wildman–Crippen MR) is 79.7 cm³/mol. The zero-order valence-corrected chi connectivity index (χ0v) is 12.1. The lowest BCUT2D eigenvalue weighted by molar-refractivity contribution is 0.295. The van der Waals surface area contributed by atoms with Gasteiger partial charge in [-0.2, -0.15) is 0 Å². The molecule has 0 aromatic carbocycles. The first-order chi connectivity index (χ1) is 9.70. The standard InChI is InChI=1S/C16H21N3O/c1-12-10-13(2)19-16(15(12)11-17)20-9-3-4-14-5-7-18-8-6-14/h5-8,10H,3-4,9,11,17H2,1-2H3. The minimum atomic E-state index is 0.457. The number of hydrogen-bond acceptors (Lipinski definition) is 4. The molecule has 0 amide bonds. The maximum atomic E-state index is 5.80. The highest BCUT2D eigenvalue weighted by atomic mass is 16.5. The van der Waals surface area contributed by atoms with Gasteiger partial charge >= 0.3 is 0 Å². The molecule has 2 rings (SSSR count). The van der Waals surface area contributed by atoms with Gasteiger partial charge < -0.3 is 10.5 Å². The van der Waals surface area contributed by atoms with Crippen molar-refractivity contribution < 1.29 is 4.74 Å². The molecule has 0 unspecified atom stereocenters. The molecule has 0 saturated heterocycles. The first-order valence-corrected chi connectivity index (χ1v) is 6.89. The molecule has 0 spiro atoms. The van der Waals surface area contributed by atoms with E-state index in [1.54, 1.807) is 0 Å². The highest BCUT2D eigenvalue weighted by Crippen LogP contribution is 2.20. The Morgan fingerprint density at radius 2 is 1.95 bits per heavy atom. The van der Waals surface area contributed by atoms with Gasteiger partial charge in [-0.25, -0.2) is 4.98 Å². The highest BCUT2D eigenvalue weighted by molar-refractivity contribution is 5.35. The van der Waals surface area contributed by atoms with Crippen molar-refractivity contribution in [1.82, 2.24) is 9.97 Å². The van der Waals surface area contributed by atoms with Crippen molar-refractivity contribution in [2.45, 2.75) is 33.2 Å². The van der Waals surface area contributed by atoms with Crippen LogP contribution < -0.4 is 10.5 Å². The third kappa shape index (κ3) is 3.78. The Morgan fingerprint density at radius 1 is 1.20 bits per heavy atom. The van der Waals surface area contributed by atoms with Crippen molar-refractivity contribution >= 4 is 0 Å². The van der Waals surface area contributed by atoms with Crippen LogP contribution in [0.25, 0.3) is 0 Å². The smallest absolute Gasteiger partial charge is 0.218 e. The molecular formula is C16H21N3O. The SMILES string of the molecule is Cc1cc(C)c(CN)c(OCCCc2ccncc2)n1. The highest BCUT2D eigenvalue weighted by Gasteiger charge is 2.08. The molecule has 2 heterocycles. The largest absolute Gasteiger partial charge is 0.477 e. The van der Waals surface area contributed by atoms with E-state index in [2.05, 4.69) is 9.97 Å². The van der Waals surface area contributed by atoms with Crippen molar-refractivity contribution in [2.24, 2.45) is 5.73 Å². The van der Waals surface area contributed by atoms with Gasteiger partial charge in [-0.3, -0.25) is 4.98 Å². The maximum Gasteiger partial charge on any atom is 0.218 e. The Balaban J connectivity index is 1.91. The van der Waals surface area contributed by atoms with Crippen LogP contribution in [0.3, 0.4) is 0 Å². The Bertz CT molecular complexity index is 555. The molecule has 0 atom stereocenters. The van der Waals surface area contributed by atoms with Crippen LogP contribution in [0.5, 0.6) is 5.88 Å². The van der Waals surface area contributed by atoms with E-state index in [9.17, 15) is 0 Å². The van der Waals surface area contributed by atoms with Crippen LogP contribution in [0.1, 0.15) is 28.8 Å². The molecule has 4 heteroatoms. The number of hydrogen-bond donors (Lipinski definition) is 1. The van der Waals surface area contributed by atoms with E-state index in [0.717, 1.165) is 29.7 Å². The number of rotatable bonds is 6. The quantitative estimate of drug-likeness (QED) is 0.820. The number of aryl methyl sites for hydroxylation is 3. The molecule has 0 aliphatic heterocycles. The molecule has 4 nitrogen and oxygen atoms in total. The fourth-order valence-corrected chi connectivity index (χ4v) is 2.19. The molecule has 0 radical (unpaired) electrons. The van der Waals surface area contributed by atoms with Crippen molar-refractivity contribution in [1.29, 1.82) is 0 Å². The van der Waals surface area contributed by atoms with Crippen LogP contribution in [0, 0.1) is 13.8 Å². The molecule has 0 aliphatic carbocycles. The van der Waals surface area contributed by atoms with Gasteiger partial charge in [-0.15, -0.1) is 0 Å². The summed E-state index contributed by atoms with van der Waals surface area (Å²) in [6.45, 7) is 5.11. The average Bonchev–Trinajstić information content (AvgIpc) is 2.44. The summed E-state index contributed by atoms with van der Waals surface area (Å²) in [5.74, 6) is 0.680. The van der Waals surface area contributed by atoms with E-state index >= 15 is 0 Å². The third-order valence-electron chi connectivity index (χ3n) is 3.24. The van der Waals surface area contributed by atoms with Gasteiger partial charge in [-0.05, 0) is 56.0 Å². The summed E-state index contributed by atoms with van der Waals surface area (Å²) in [4.78, 5) is 8.45. The van der Waals surface area contributed by atoms with E-state index < -0.39 is 0 Å². The minimum Gasteiger partial charge on any atom is -0.477 e. The van der Waals surface area contributed by atoms with Gasteiger partial charge in [0.15, 0.2) is 0 Å². The third-order valence-corrected chi connectivity index (χ3v) is 3.24. The van der Waals surface area contributed by atoms with Crippen LogP contribution in [-0.2, 0) is 13.0 Å². The van der Waals surface area contributed by atoms with Crippen molar-refractivity contribution in [3.05, 3.63) is 53.0 Å². The molecule has 0 bridgehead atoms. The topological polar surface area (TPSA) is 61.0 Å². The first kappa shape index (κ1) is 14.5. The van der Waals surface area contributed by atoms with Crippen LogP contribution in [0.2, 0.25) is 0 Å². The minimum absolute atomic E-state index is 0.457. The Labute approximate surface area is 120 Å². The van der Waals surface area contributed by atoms with Gasteiger partial charge in [0.1, 0.15) is 0 Å². The molecule has 2 aromatic rings. The van der Waals surface area contributed by atoms with Crippen molar-refractivity contribution in [2.75, 3.05) is 6.61 Å². The molecule has 2 aromatic heterocycles. The van der Waals surface area contributed by atoms with Gasteiger partial charge in [0, 0.05) is 30.2 Å². The van der Waals surface area contributed by atoms with Crippen molar-refractivity contribution in [3.8, 4) is 5.88 Å². The number of pyridine rings is 2. The lowest BCUT2D eigenvalue weighted by Crippen LogP contribution is -2.09. The summed E-state index contributed by atoms with van der Waals surface area (Å²) in [6.07, 6.45) is 5.55. The second-order valence-corrected chi connectivity index (χ2v) is 4.88. The zero-order valence-electron chi connectivity index (χ0n) is 12.1. The number of ether oxygens (including phenoxy) is 1. The molecule has 2 N–H and O–H groups in total. The summed E-state index contributed by atoms with van der Waals surface area (Å²) in [5.41, 5.74) is 10.1. The predicted octanol–water partition coefficient (Wildman–Crippen LogP) is 2.56. The molecule has 20 heavy (non-hydrogen) atoms. The van der Waals surface area contributed by atoms with Crippen LogP contribution in [0.4, 0.5) is 0 Å². The van der Waals surface area contributed by atoms with Crippen LogP contribution in [0.15, 0.2) is 30.6 Å². The lowest BCUT2D eigenvalue weighted by atomic mass is 10.1. The fraction of sp³-hybridized carbons (Fsp3) is 0.375. The normalized spacial score (nSPS) is 10.6. The molecular weight excluding hydrogens is 250 g/mol. The van der Waals surface area contributed by atoms with Crippen LogP contribution >= 0.6 is 0 Å². The number of nitrogens with zero attached hydrogens (tertiary/aromatic N) is 2. The monoisotopic (exact) mass is 271 g/mol. The van der Waals surface area contributed by atoms with Gasteiger partial charge in [0.2, 0.25) is 5.88 Å². The van der Waals surface area contributed by atoms with Crippen LogP contribution in [-0.4, -0.2) is 16.6 Å². The fourth-order valence-electron chi connectivity index (χ4n) is 2.19. The molecule has 0 aliphatic rings. The zero-order chi connectivity index (χ0) is 14.4. The summed E-state index contributed by atoms with van der Waals surface area (Å²) in [6, 6.07) is 6.09. The van der Waals surface area contributed by atoms with Gasteiger partial charge in [-0.1, -0.05) is 0 Å². The maximum absolute atomic E-state index is 5.80. The van der Waals surface area contributed by atoms with E-state index in [1.165, 1.54) is 5.56 Å². The van der Waals surface area contributed by atoms with E-state index in [-0.39, 0.29) is 0 Å². The van der Waals surface area contributed by atoms with Gasteiger partial charge in [0.05, 0.1) is 6.61 Å². The van der Waals surface area contributed by atoms with E-state index in [0.29, 0.717) is 19.0 Å². The van der Waals surface area contributed by atoms with Crippen molar-refractivity contribution in [3.63, 3.8) is 0 Å². The summed E-state index contributed by atoms with van der Waals surface area (Å²) in [5, 5.41) is 0. The molecule has 106 valence electrons. The summed E-state index contributed by atoms with van der Waals surface area (Å²) in [7, 11) is 0. The Kier molecular flexibility index (Phi) is 5.07.